The highest BCUT2D eigenvalue weighted by atomic mass is 79.9. The summed E-state index contributed by atoms with van der Waals surface area (Å²) in [6, 6.07) is 20.8. The maximum atomic E-state index is 11.8. The van der Waals surface area contributed by atoms with Crippen molar-refractivity contribution in [2.75, 3.05) is 7.11 Å². The Morgan fingerprint density at radius 2 is 1.47 bits per heavy atom. The molecule has 1 aliphatic rings. The third-order valence-electron chi connectivity index (χ3n) is 5.97. The number of halogens is 1. The molecule has 174 valence electrons. The summed E-state index contributed by atoms with van der Waals surface area (Å²) < 4.78 is 24.7. The van der Waals surface area contributed by atoms with Crippen LogP contribution in [0.25, 0.3) is 0 Å². The molecule has 0 N–H and O–H groups in total. The largest absolute Gasteiger partial charge is 0.458 e. The number of rotatable bonds is 6. The van der Waals surface area contributed by atoms with Crippen molar-refractivity contribution >= 4 is 40.6 Å². The van der Waals surface area contributed by atoms with Gasteiger partial charge >= 0.3 is 5.97 Å². The van der Waals surface area contributed by atoms with Crippen LogP contribution in [0.1, 0.15) is 34.6 Å². The molecule has 1 fully saturated rings. The third-order valence-corrected chi connectivity index (χ3v) is 12.0. The molecule has 0 bridgehead atoms. The minimum Gasteiger partial charge on any atom is -0.458 e. The van der Waals surface area contributed by atoms with Crippen molar-refractivity contribution in [3.8, 4) is 0 Å². The van der Waals surface area contributed by atoms with E-state index >= 15 is 0 Å². The molecule has 0 aromatic heterocycles. The first-order valence-corrected chi connectivity index (χ1v) is 13.7. The monoisotopic (exact) mass is 520 g/mol. The molecule has 0 radical (unpaired) electrons. The number of methoxy groups -OCH3 is 1. The number of hydrogen-bond donors (Lipinski definition) is 0. The highest BCUT2D eigenvalue weighted by Crippen LogP contribution is 2.41. The number of alkyl halides is 1. The molecule has 0 aliphatic carbocycles. The normalized spacial score (nSPS) is 26.5. The molecular weight excluding hydrogens is 488 g/mol. The molecule has 1 saturated heterocycles. The van der Waals surface area contributed by atoms with Crippen LogP contribution in [0.5, 0.6) is 0 Å². The van der Waals surface area contributed by atoms with E-state index in [0.717, 1.165) is 10.4 Å². The Labute approximate surface area is 200 Å². The number of carbonyl (C=O) groups excluding carboxylic acids is 1. The Hall–Kier alpha value is -1.51. The average Bonchev–Trinajstić information content (AvgIpc) is 2.76. The molecule has 5 nitrogen and oxygen atoms in total. The van der Waals surface area contributed by atoms with E-state index in [1.54, 1.807) is 7.11 Å². The topological polar surface area (TPSA) is 54.0 Å². The van der Waals surface area contributed by atoms with Crippen molar-refractivity contribution in [2.24, 2.45) is 0 Å². The number of carbonyl (C=O) groups is 1. The molecule has 3 rings (SSSR count). The van der Waals surface area contributed by atoms with Crippen LogP contribution < -0.4 is 10.4 Å². The zero-order valence-electron chi connectivity index (χ0n) is 19.6. The predicted molar refractivity (Wildman–Crippen MR) is 132 cm³/mol. The zero-order valence-corrected chi connectivity index (χ0v) is 22.2. The molecule has 0 saturated carbocycles. The Bertz CT molecular complexity index is 847. The van der Waals surface area contributed by atoms with E-state index < -0.39 is 26.8 Å². The van der Waals surface area contributed by atoms with Gasteiger partial charge in [0.1, 0.15) is 12.2 Å². The summed E-state index contributed by atoms with van der Waals surface area (Å²) in [6.45, 7) is 9.96. The van der Waals surface area contributed by atoms with Crippen LogP contribution in [-0.2, 0) is 23.4 Å². The summed E-state index contributed by atoms with van der Waals surface area (Å²) in [7, 11) is -1.24. The molecule has 2 unspecified atom stereocenters. The number of ether oxygens (including phenoxy) is 3. The van der Waals surface area contributed by atoms with E-state index in [4.69, 9.17) is 18.6 Å². The number of hydrogen-bond acceptors (Lipinski definition) is 5. The molecule has 0 spiro atoms. The Kier molecular flexibility index (Phi) is 7.99. The fourth-order valence-corrected chi connectivity index (χ4v) is 10.3. The molecule has 2 aromatic carbocycles. The molecule has 1 heterocycles. The van der Waals surface area contributed by atoms with Gasteiger partial charge in [0.2, 0.25) is 0 Å². The van der Waals surface area contributed by atoms with Gasteiger partial charge in [0, 0.05) is 14.0 Å². The first-order valence-electron chi connectivity index (χ1n) is 10.9. The van der Waals surface area contributed by atoms with Gasteiger partial charge in [0.25, 0.3) is 8.32 Å². The zero-order chi connectivity index (χ0) is 23.5. The van der Waals surface area contributed by atoms with Crippen LogP contribution in [0.2, 0.25) is 5.04 Å². The van der Waals surface area contributed by atoms with Gasteiger partial charge in [-0.05, 0) is 22.3 Å². The molecule has 2 aromatic rings. The third kappa shape index (κ3) is 4.87. The van der Waals surface area contributed by atoms with Crippen LogP contribution >= 0.6 is 15.9 Å². The van der Waals surface area contributed by atoms with E-state index in [-0.39, 0.29) is 21.9 Å². The van der Waals surface area contributed by atoms with Gasteiger partial charge in [-0.2, -0.15) is 0 Å². The van der Waals surface area contributed by atoms with Gasteiger partial charge < -0.3 is 18.6 Å². The Morgan fingerprint density at radius 3 is 1.88 bits per heavy atom. The van der Waals surface area contributed by atoms with Crippen molar-refractivity contribution in [1.29, 1.82) is 0 Å². The minimum absolute atomic E-state index is 0.208. The van der Waals surface area contributed by atoms with Gasteiger partial charge in [-0.15, -0.1) is 0 Å². The number of esters is 1. The average molecular weight is 522 g/mol. The minimum atomic E-state index is -2.86. The predicted octanol–water partition coefficient (Wildman–Crippen LogP) is 4.02. The van der Waals surface area contributed by atoms with Gasteiger partial charge in [-0.25, -0.2) is 0 Å². The summed E-state index contributed by atoms with van der Waals surface area (Å²) >= 11 is 3.80. The molecule has 5 atom stereocenters. The second kappa shape index (κ2) is 10.2. The lowest BCUT2D eigenvalue weighted by Crippen LogP contribution is -2.71. The van der Waals surface area contributed by atoms with Crippen LogP contribution in [0.3, 0.4) is 0 Å². The van der Waals surface area contributed by atoms with Crippen molar-refractivity contribution in [2.45, 2.75) is 69.1 Å². The van der Waals surface area contributed by atoms with Crippen LogP contribution in [-0.4, -0.2) is 50.8 Å². The lowest BCUT2D eigenvalue weighted by atomic mass is 10.0. The quantitative estimate of drug-likeness (QED) is 0.327. The summed E-state index contributed by atoms with van der Waals surface area (Å²) in [4.78, 5) is 11.5. The maximum absolute atomic E-state index is 11.8. The van der Waals surface area contributed by atoms with Crippen molar-refractivity contribution < 1.29 is 23.4 Å². The first-order chi connectivity index (χ1) is 15.1. The van der Waals surface area contributed by atoms with E-state index in [0.29, 0.717) is 0 Å². The molecule has 32 heavy (non-hydrogen) atoms. The molecule has 0 amide bonds. The highest BCUT2D eigenvalue weighted by Gasteiger charge is 2.56. The molecular formula is C25H33BrO5Si. The van der Waals surface area contributed by atoms with Crippen molar-refractivity contribution in [3.63, 3.8) is 0 Å². The van der Waals surface area contributed by atoms with Crippen LogP contribution in [0.15, 0.2) is 60.7 Å². The summed E-state index contributed by atoms with van der Waals surface area (Å²) in [5, 5.41) is 2.12. The second-order valence-corrected chi connectivity index (χ2v) is 14.5. The second-order valence-electron chi connectivity index (χ2n) is 9.21. The van der Waals surface area contributed by atoms with Gasteiger partial charge in [-0.3, -0.25) is 4.79 Å². The van der Waals surface area contributed by atoms with Gasteiger partial charge in [-0.1, -0.05) is 97.4 Å². The summed E-state index contributed by atoms with van der Waals surface area (Å²) in [5.41, 5.74) is 0. The van der Waals surface area contributed by atoms with Crippen LogP contribution in [0.4, 0.5) is 0 Å². The lowest BCUT2D eigenvalue weighted by Gasteiger charge is -2.50. The molecule has 7 heteroatoms. The lowest BCUT2D eigenvalue weighted by molar-refractivity contribution is -0.248. The first kappa shape index (κ1) is 25.1. The van der Waals surface area contributed by atoms with Gasteiger partial charge in [0.05, 0.1) is 10.9 Å². The van der Waals surface area contributed by atoms with Crippen molar-refractivity contribution in [3.05, 3.63) is 60.7 Å². The summed E-state index contributed by atoms with van der Waals surface area (Å²) in [5.74, 6) is -0.352. The van der Waals surface area contributed by atoms with Gasteiger partial charge in [0.15, 0.2) is 6.29 Å². The van der Waals surface area contributed by atoms with E-state index in [9.17, 15) is 4.79 Å². The SMILES string of the molecule is CO[C@@H]1O[C@@H](C)C(OC(C)=O)C(Br)[C@@H]1O[Si](c1ccccc1)(c1ccccc1)C(C)(C)C. The number of benzene rings is 2. The fourth-order valence-electron chi connectivity index (χ4n) is 4.52. The summed E-state index contributed by atoms with van der Waals surface area (Å²) in [6.07, 6.45) is -1.94. The Morgan fingerprint density at radius 1 is 0.969 bits per heavy atom. The Balaban J connectivity index is 2.16. The smallest absolute Gasteiger partial charge is 0.303 e. The standard InChI is InChI=1S/C25H33BrO5Si/c1-17-22(30-18(2)27)21(26)23(24(28-6)29-17)31-32(25(3,4)5,19-13-9-7-10-14-19)20-15-11-8-12-16-20/h7-17,21-24H,1-6H3/t17-,21?,22?,23-,24+/m0/s1. The highest BCUT2D eigenvalue weighted by molar-refractivity contribution is 9.09. The van der Waals surface area contributed by atoms with E-state index in [1.807, 2.05) is 19.1 Å². The van der Waals surface area contributed by atoms with E-state index in [1.165, 1.54) is 6.92 Å². The van der Waals surface area contributed by atoms with Crippen molar-refractivity contribution in [1.82, 2.24) is 0 Å². The van der Waals surface area contributed by atoms with Crippen LogP contribution in [0, 0.1) is 0 Å². The molecule has 1 aliphatic heterocycles. The fraction of sp³-hybridized carbons (Fsp3) is 0.480. The maximum Gasteiger partial charge on any atom is 0.303 e. The van der Waals surface area contributed by atoms with E-state index in [2.05, 4.69) is 85.2 Å².